The van der Waals surface area contributed by atoms with Crippen molar-refractivity contribution in [3.05, 3.63) is 30.1 Å². The Morgan fingerprint density at radius 1 is 1.67 bits per heavy atom. The Morgan fingerprint density at radius 3 is 3.07 bits per heavy atom. The molecule has 4 heteroatoms. The van der Waals surface area contributed by atoms with Crippen LogP contribution in [0.4, 0.5) is 4.79 Å². The molecule has 0 radical (unpaired) electrons. The molecule has 0 aliphatic heterocycles. The summed E-state index contributed by atoms with van der Waals surface area (Å²) in [6.45, 7) is 1.87. The van der Waals surface area contributed by atoms with Gasteiger partial charge in [0.05, 0.1) is 0 Å². The van der Waals surface area contributed by atoms with Gasteiger partial charge < -0.3 is 10.4 Å². The highest BCUT2D eigenvalue weighted by molar-refractivity contribution is 5.64. The zero-order valence-electron chi connectivity index (χ0n) is 8.81. The molecule has 0 aliphatic carbocycles. The molecule has 4 nitrogen and oxygen atoms in total. The smallest absolute Gasteiger partial charge is 0.404 e. The highest BCUT2D eigenvalue weighted by Gasteiger charge is 2.04. The van der Waals surface area contributed by atoms with E-state index in [9.17, 15) is 4.79 Å². The highest BCUT2D eigenvalue weighted by Crippen LogP contribution is 2.04. The number of aromatic nitrogens is 1. The molecule has 0 fully saturated rings. The number of amides is 1. The van der Waals surface area contributed by atoms with Gasteiger partial charge in [0.1, 0.15) is 0 Å². The fourth-order valence-corrected chi connectivity index (χ4v) is 1.44. The van der Waals surface area contributed by atoms with Gasteiger partial charge in [-0.1, -0.05) is 6.07 Å². The Morgan fingerprint density at radius 2 is 2.47 bits per heavy atom. The third-order valence-corrected chi connectivity index (χ3v) is 2.20. The lowest BCUT2D eigenvalue weighted by molar-refractivity contribution is 0.190. The first-order valence-electron chi connectivity index (χ1n) is 5.07. The molecule has 15 heavy (non-hydrogen) atoms. The summed E-state index contributed by atoms with van der Waals surface area (Å²) in [6.07, 6.45) is 5.39. The molecule has 1 aromatic rings. The monoisotopic (exact) mass is 208 g/mol. The van der Waals surface area contributed by atoms with Gasteiger partial charge >= 0.3 is 6.09 Å². The molecule has 0 bridgehead atoms. The van der Waals surface area contributed by atoms with Crippen molar-refractivity contribution in [3.8, 4) is 0 Å². The van der Waals surface area contributed by atoms with E-state index in [0.29, 0.717) is 0 Å². The summed E-state index contributed by atoms with van der Waals surface area (Å²) in [6, 6.07) is 3.95. The molecule has 0 saturated carbocycles. The predicted molar refractivity (Wildman–Crippen MR) is 57.8 cm³/mol. The van der Waals surface area contributed by atoms with Crippen LogP contribution in [-0.2, 0) is 6.42 Å². The van der Waals surface area contributed by atoms with Crippen LogP contribution >= 0.6 is 0 Å². The van der Waals surface area contributed by atoms with Crippen LogP contribution in [0.15, 0.2) is 24.5 Å². The predicted octanol–water partition coefficient (Wildman–Crippen LogP) is 2.06. The molecule has 1 aromatic heterocycles. The second-order valence-electron chi connectivity index (χ2n) is 3.60. The minimum atomic E-state index is -0.955. The van der Waals surface area contributed by atoms with E-state index in [4.69, 9.17) is 5.11 Å². The summed E-state index contributed by atoms with van der Waals surface area (Å²) in [5.41, 5.74) is 1.19. The number of rotatable bonds is 5. The second kappa shape index (κ2) is 6.01. The zero-order valence-corrected chi connectivity index (χ0v) is 8.81. The largest absolute Gasteiger partial charge is 0.465 e. The fourth-order valence-electron chi connectivity index (χ4n) is 1.44. The number of nitrogens with zero attached hydrogens (tertiary/aromatic N) is 1. The van der Waals surface area contributed by atoms with Crippen molar-refractivity contribution in [1.29, 1.82) is 0 Å². The summed E-state index contributed by atoms with van der Waals surface area (Å²) in [5.74, 6) is 0. The summed E-state index contributed by atoms with van der Waals surface area (Å²) in [5, 5.41) is 10.9. The third-order valence-electron chi connectivity index (χ3n) is 2.20. The number of carbonyl (C=O) groups is 1. The molecule has 1 rings (SSSR count). The maximum Gasteiger partial charge on any atom is 0.404 e. The molecule has 1 atom stereocenters. The van der Waals surface area contributed by atoms with Gasteiger partial charge in [-0.3, -0.25) is 4.98 Å². The number of hydrogen-bond acceptors (Lipinski definition) is 2. The quantitative estimate of drug-likeness (QED) is 0.778. The van der Waals surface area contributed by atoms with Crippen LogP contribution in [0.1, 0.15) is 25.3 Å². The van der Waals surface area contributed by atoms with E-state index >= 15 is 0 Å². The Balaban J connectivity index is 2.19. The zero-order chi connectivity index (χ0) is 11.1. The molecule has 1 unspecified atom stereocenters. The van der Waals surface area contributed by atoms with E-state index in [1.807, 2.05) is 25.3 Å². The molecule has 1 amide bonds. The Kier molecular flexibility index (Phi) is 4.60. The van der Waals surface area contributed by atoms with Gasteiger partial charge in [-0.05, 0) is 37.8 Å². The molecule has 2 N–H and O–H groups in total. The normalized spacial score (nSPS) is 12.1. The lowest BCUT2D eigenvalue weighted by Crippen LogP contribution is -2.30. The number of hydrogen-bond donors (Lipinski definition) is 2. The number of carboxylic acid groups (broad SMARTS) is 1. The van der Waals surface area contributed by atoms with Crippen molar-refractivity contribution in [2.75, 3.05) is 0 Å². The van der Waals surface area contributed by atoms with Crippen LogP contribution in [0.2, 0.25) is 0 Å². The van der Waals surface area contributed by atoms with Crippen molar-refractivity contribution in [3.63, 3.8) is 0 Å². The maximum absolute atomic E-state index is 10.3. The lowest BCUT2D eigenvalue weighted by atomic mass is 10.1. The number of nitrogens with one attached hydrogen (secondary N) is 1. The van der Waals surface area contributed by atoms with Crippen LogP contribution < -0.4 is 5.32 Å². The molecule has 0 aliphatic rings. The van der Waals surface area contributed by atoms with Crippen LogP contribution in [0.3, 0.4) is 0 Å². The van der Waals surface area contributed by atoms with Gasteiger partial charge in [-0.25, -0.2) is 4.79 Å². The van der Waals surface area contributed by atoms with Gasteiger partial charge in [0, 0.05) is 18.4 Å². The molecular weight excluding hydrogens is 192 g/mol. The van der Waals surface area contributed by atoms with E-state index in [2.05, 4.69) is 10.3 Å². The van der Waals surface area contributed by atoms with Crippen molar-refractivity contribution >= 4 is 6.09 Å². The van der Waals surface area contributed by atoms with Crippen LogP contribution in [0.25, 0.3) is 0 Å². The fraction of sp³-hybridized carbons (Fsp3) is 0.455. The van der Waals surface area contributed by atoms with Crippen molar-refractivity contribution in [2.45, 2.75) is 32.2 Å². The average molecular weight is 208 g/mol. The van der Waals surface area contributed by atoms with Crippen LogP contribution in [0.5, 0.6) is 0 Å². The SMILES string of the molecule is CC(CCCc1cccnc1)NC(=O)O. The summed E-state index contributed by atoms with van der Waals surface area (Å²) < 4.78 is 0. The lowest BCUT2D eigenvalue weighted by Gasteiger charge is -2.10. The molecule has 0 spiro atoms. The van der Waals surface area contributed by atoms with E-state index in [0.717, 1.165) is 19.3 Å². The van der Waals surface area contributed by atoms with Crippen LogP contribution in [0, 0.1) is 0 Å². The van der Waals surface area contributed by atoms with E-state index in [1.54, 1.807) is 6.20 Å². The topological polar surface area (TPSA) is 62.2 Å². The number of pyridine rings is 1. The molecule has 1 heterocycles. The number of aryl methyl sites for hydroxylation is 1. The van der Waals surface area contributed by atoms with Crippen molar-refractivity contribution in [1.82, 2.24) is 10.3 Å². The Bertz CT molecular complexity index is 301. The minimum Gasteiger partial charge on any atom is -0.465 e. The first-order valence-corrected chi connectivity index (χ1v) is 5.07. The van der Waals surface area contributed by atoms with Crippen LogP contribution in [-0.4, -0.2) is 22.2 Å². The standard InChI is InChI=1S/C11H16N2O2/c1-9(13-11(14)15)4-2-5-10-6-3-7-12-8-10/h3,6-9,13H,2,4-5H2,1H3,(H,14,15). The highest BCUT2D eigenvalue weighted by atomic mass is 16.4. The maximum atomic E-state index is 10.3. The summed E-state index contributed by atoms with van der Waals surface area (Å²) >= 11 is 0. The van der Waals surface area contributed by atoms with E-state index < -0.39 is 6.09 Å². The van der Waals surface area contributed by atoms with Crippen molar-refractivity contribution in [2.24, 2.45) is 0 Å². The van der Waals surface area contributed by atoms with E-state index in [1.165, 1.54) is 5.56 Å². The van der Waals surface area contributed by atoms with Gasteiger partial charge in [0.25, 0.3) is 0 Å². The van der Waals surface area contributed by atoms with Gasteiger partial charge in [-0.2, -0.15) is 0 Å². The van der Waals surface area contributed by atoms with E-state index in [-0.39, 0.29) is 6.04 Å². The summed E-state index contributed by atoms with van der Waals surface area (Å²) in [7, 11) is 0. The molecule has 82 valence electrons. The van der Waals surface area contributed by atoms with Gasteiger partial charge in [0.2, 0.25) is 0 Å². The molecular formula is C11H16N2O2. The Labute approximate surface area is 89.3 Å². The average Bonchev–Trinajstić information content (AvgIpc) is 2.18. The first-order chi connectivity index (χ1) is 7.18. The van der Waals surface area contributed by atoms with Crippen molar-refractivity contribution < 1.29 is 9.90 Å². The Hall–Kier alpha value is -1.58. The third kappa shape index (κ3) is 5.00. The minimum absolute atomic E-state index is 0.0131. The molecule has 0 saturated heterocycles. The second-order valence-corrected chi connectivity index (χ2v) is 3.60. The van der Waals surface area contributed by atoms with Gasteiger partial charge in [-0.15, -0.1) is 0 Å². The summed E-state index contributed by atoms with van der Waals surface area (Å²) in [4.78, 5) is 14.3. The first kappa shape index (κ1) is 11.5. The van der Waals surface area contributed by atoms with Gasteiger partial charge in [0.15, 0.2) is 0 Å². The molecule has 0 aromatic carbocycles.